The molecule has 0 spiro atoms. The van der Waals surface area contributed by atoms with Crippen LogP contribution in [-0.2, 0) is 24.0 Å². The fraction of sp³-hybridized carbons (Fsp3) is 0.171. The lowest BCUT2D eigenvalue weighted by Gasteiger charge is -2.08. The number of para-hydroxylation sites is 1. The van der Waals surface area contributed by atoms with E-state index in [0.29, 0.717) is 43.4 Å². The third kappa shape index (κ3) is 7.57. The van der Waals surface area contributed by atoms with E-state index in [1.807, 2.05) is 135 Å². The van der Waals surface area contributed by atoms with Crippen molar-refractivity contribution in [3.63, 3.8) is 0 Å². The predicted molar refractivity (Wildman–Crippen MR) is 189 cm³/mol. The Morgan fingerprint density at radius 3 is 1.90 bits per heavy atom. The molecule has 0 aliphatic rings. The summed E-state index contributed by atoms with van der Waals surface area (Å²) in [7, 11) is 0. The van der Waals surface area contributed by atoms with Crippen molar-refractivity contribution in [3.05, 3.63) is 161 Å². The van der Waals surface area contributed by atoms with Crippen LogP contribution in [0.5, 0.6) is 5.75 Å². The quantitative estimate of drug-likeness (QED) is 0.113. The van der Waals surface area contributed by atoms with Gasteiger partial charge in [0, 0.05) is 42.1 Å². The highest BCUT2D eigenvalue weighted by atomic mass is 16.5. The summed E-state index contributed by atoms with van der Waals surface area (Å²) in [5, 5.41) is 4.66. The lowest BCUT2D eigenvalue weighted by atomic mass is 10.1. The van der Waals surface area contributed by atoms with Gasteiger partial charge in [-0.05, 0) is 67.9 Å². The molecule has 0 N–H and O–H groups in total. The van der Waals surface area contributed by atoms with Crippen LogP contribution in [0.25, 0.3) is 28.6 Å². The molecule has 0 radical (unpaired) electrons. The smallest absolute Gasteiger partial charge is 0.359 e. The summed E-state index contributed by atoms with van der Waals surface area (Å²) in [6.07, 6.45) is 3.36. The monoisotopic (exact) mass is 664 g/mol. The van der Waals surface area contributed by atoms with Crippen molar-refractivity contribution < 1.29 is 23.1 Å². The zero-order valence-electron chi connectivity index (χ0n) is 27.9. The van der Waals surface area contributed by atoms with Gasteiger partial charge >= 0.3 is 5.97 Å². The van der Waals surface area contributed by atoms with Crippen LogP contribution >= 0.6 is 0 Å². The molecule has 0 saturated carbocycles. The Balaban J connectivity index is 1.02. The Morgan fingerprint density at radius 1 is 0.700 bits per heavy atom. The van der Waals surface area contributed by atoms with E-state index in [-0.39, 0.29) is 12.3 Å². The zero-order valence-corrected chi connectivity index (χ0v) is 27.9. The van der Waals surface area contributed by atoms with Crippen LogP contribution in [0, 0.1) is 13.8 Å². The summed E-state index contributed by atoms with van der Waals surface area (Å²) in [5.74, 6) is 2.86. The Morgan fingerprint density at radius 2 is 1.28 bits per heavy atom. The van der Waals surface area contributed by atoms with E-state index in [9.17, 15) is 4.79 Å². The number of carbonyl (C=O) groups is 1. The molecule has 0 saturated heterocycles. The molecule has 7 rings (SSSR count). The van der Waals surface area contributed by atoms with E-state index in [4.69, 9.17) is 18.3 Å². The summed E-state index contributed by atoms with van der Waals surface area (Å²) in [6.45, 7) is 4.36. The minimum Gasteiger partial charge on any atom is -0.493 e. The van der Waals surface area contributed by atoms with Gasteiger partial charge in [0.15, 0.2) is 5.69 Å². The second kappa shape index (κ2) is 14.9. The van der Waals surface area contributed by atoms with Gasteiger partial charge in [0.05, 0.1) is 30.3 Å². The molecule has 9 heteroatoms. The van der Waals surface area contributed by atoms with E-state index in [0.717, 1.165) is 50.8 Å². The number of rotatable bonds is 13. The lowest BCUT2D eigenvalue weighted by Crippen LogP contribution is -2.12. The molecule has 0 aliphatic carbocycles. The largest absolute Gasteiger partial charge is 0.493 e. The minimum atomic E-state index is -0.496. The molecular weight excluding hydrogens is 628 g/mol. The number of aromatic nitrogens is 4. The molecule has 7 aromatic rings. The van der Waals surface area contributed by atoms with E-state index < -0.39 is 5.97 Å². The number of ether oxygens (including phenoxy) is 2. The third-order valence-electron chi connectivity index (χ3n) is 8.30. The summed E-state index contributed by atoms with van der Waals surface area (Å²) < 4.78 is 25.4. The van der Waals surface area contributed by atoms with Gasteiger partial charge in [0.25, 0.3) is 0 Å². The number of esters is 1. The number of hydrogen-bond donors (Lipinski definition) is 0. The fourth-order valence-electron chi connectivity index (χ4n) is 5.69. The average molecular weight is 665 g/mol. The topological polar surface area (TPSA) is 105 Å². The summed E-state index contributed by atoms with van der Waals surface area (Å²) >= 11 is 0. The highest BCUT2D eigenvalue weighted by Crippen LogP contribution is 2.25. The maximum absolute atomic E-state index is 13.5. The van der Waals surface area contributed by atoms with Gasteiger partial charge in [-0.3, -0.25) is 0 Å². The molecule has 3 aromatic heterocycles. The SMILES string of the molecule is Cc1oc(-c2ccccc2)nc1CCOC(=O)c1nn(-c2ccccc2)cc1Cc1cccc(OCCc2nc(-c3ccccc3)oc2C)c1. The normalized spacial score (nSPS) is 11.1. The van der Waals surface area contributed by atoms with E-state index in [1.165, 1.54) is 0 Å². The van der Waals surface area contributed by atoms with Crippen molar-refractivity contribution in [2.24, 2.45) is 0 Å². The van der Waals surface area contributed by atoms with Crippen molar-refractivity contribution in [2.45, 2.75) is 33.1 Å². The molecule has 3 heterocycles. The van der Waals surface area contributed by atoms with Gasteiger partial charge in [0.1, 0.15) is 17.3 Å². The van der Waals surface area contributed by atoms with Crippen LogP contribution in [0.1, 0.15) is 44.5 Å². The van der Waals surface area contributed by atoms with Crippen molar-refractivity contribution in [2.75, 3.05) is 13.2 Å². The van der Waals surface area contributed by atoms with E-state index in [1.54, 1.807) is 4.68 Å². The molecule has 0 atom stereocenters. The third-order valence-corrected chi connectivity index (χ3v) is 8.30. The number of hydrogen-bond acceptors (Lipinski definition) is 8. The highest BCUT2D eigenvalue weighted by Gasteiger charge is 2.21. The molecule has 4 aromatic carbocycles. The van der Waals surface area contributed by atoms with Gasteiger partial charge in [-0.15, -0.1) is 0 Å². The van der Waals surface area contributed by atoms with Crippen LogP contribution in [0.2, 0.25) is 0 Å². The zero-order chi connectivity index (χ0) is 34.3. The van der Waals surface area contributed by atoms with Crippen molar-refractivity contribution in [1.82, 2.24) is 19.7 Å². The first-order valence-corrected chi connectivity index (χ1v) is 16.6. The van der Waals surface area contributed by atoms with Gasteiger partial charge in [-0.25, -0.2) is 19.4 Å². The lowest BCUT2D eigenvalue weighted by molar-refractivity contribution is 0.0499. The van der Waals surface area contributed by atoms with Crippen LogP contribution in [0.15, 0.2) is 130 Å². The van der Waals surface area contributed by atoms with Crippen molar-refractivity contribution in [3.8, 4) is 34.3 Å². The Hall–Kier alpha value is -6.22. The molecule has 0 bridgehead atoms. The summed E-state index contributed by atoms with van der Waals surface area (Å²) in [4.78, 5) is 22.8. The summed E-state index contributed by atoms with van der Waals surface area (Å²) in [5.41, 5.74) is 6.27. The Bertz CT molecular complexity index is 2190. The van der Waals surface area contributed by atoms with Gasteiger partial charge in [-0.1, -0.05) is 66.7 Å². The number of oxazole rings is 2. The number of nitrogens with zero attached hydrogens (tertiary/aromatic N) is 4. The molecule has 0 amide bonds. The second-order valence-corrected chi connectivity index (χ2v) is 11.9. The van der Waals surface area contributed by atoms with Gasteiger partial charge in [0.2, 0.25) is 11.8 Å². The number of aryl methyl sites for hydroxylation is 2. The molecule has 50 heavy (non-hydrogen) atoms. The average Bonchev–Trinajstić information content (AvgIpc) is 3.86. The number of benzene rings is 4. The van der Waals surface area contributed by atoms with Crippen LogP contribution in [0.4, 0.5) is 0 Å². The first-order chi connectivity index (χ1) is 24.5. The van der Waals surface area contributed by atoms with Gasteiger partial charge < -0.3 is 18.3 Å². The predicted octanol–water partition coefficient (Wildman–Crippen LogP) is 8.41. The fourth-order valence-corrected chi connectivity index (χ4v) is 5.69. The molecule has 0 aliphatic heterocycles. The minimum absolute atomic E-state index is 0.138. The molecule has 0 fully saturated rings. The molecule has 250 valence electrons. The van der Waals surface area contributed by atoms with Crippen molar-refractivity contribution >= 4 is 5.97 Å². The van der Waals surface area contributed by atoms with Crippen molar-refractivity contribution in [1.29, 1.82) is 0 Å². The van der Waals surface area contributed by atoms with Crippen LogP contribution < -0.4 is 4.74 Å². The van der Waals surface area contributed by atoms with E-state index >= 15 is 0 Å². The van der Waals surface area contributed by atoms with Gasteiger partial charge in [-0.2, -0.15) is 5.10 Å². The first-order valence-electron chi connectivity index (χ1n) is 16.6. The number of carbonyl (C=O) groups excluding carboxylic acids is 1. The summed E-state index contributed by atoms with van der Waals surface area (Å²) in [6, 6.07) is 37.1. The van der Waals surface area contributed by atoms with E-state index in [2.05, 4.69) is 15.1 Å². The standard InChI is InChI=1S/C41H36N4O5/c1-28-36(42-39(49-28)31-14-6-3-7-15-31)21-23-47-35-20-12-13-30(26-35)25-33-27-45(34-18-10-5-11-19-34)44-38(33)41(46)48-24-22-37-29(2)50-40(43-37)32-16-8-4-9-17-32/h3-20,26-27H,21-25H2,1-2H3. The Labute approximate surface area is 290 Å². The maximum atomic E-state index is 13.5. The van der Waals surface area contributed by atoms with Crippen LogP contribution in [-0.4, -0.2) is 38.9 Å². The maximum Gasteiger partial charge on any atom is 0.359 e. The highest BCUT2D eigenvalue weighted by molar-refractivity contribution is 5.89. The molecule has 9 nitrogen and oxygen atoms in total. The first kappa shape index (κ1) is 32.3. The van der Waals surface area contributed by atoms with Crippen LogP contribution in [0.3, 0.4) is 0 Å². The second-order valence-electron chi connectivity index (χ2n) is 11.9. The molecular formula is C41H36N4O5. The molecule has 0 unspecified atom stereocenters. The Kier molecular flexibility index (Phi) is 9.64.